The van der Waals surface area contributed by atoms with Crippen LogP contribution in [0.2, 0.25) is 0 Å². The van der Waals surface area contributed by atoms with Crippen molar-refractivity contribution >= 4 is 5.91 Å². The summed E-state index contributed by atoms with van der Waals surface area (Å²) in [4.78, 5) is 18.6. The Kier molecular flexibility index (Phi) is 5.73. The van der Waals surface area contributed by atoms with E-state index in [1.807, 2.05) is 4.90 Å². The topological polar surface area (TPSA) is 79.5 Å². The van der Waals surface area contributed by atoms with Gasteiger partial charge in [0.25, 0.3) is 5.91 Å². The molecule has 21 heavy (non-hydrogen) atoms. The fourth-order valence-electron chi connectivity index (χ4n) is 2.67. The molecule has 5 heteroatoms. The van der Waals surface area contributed by atoms with Crippen molar-refractivity contribution in [1.29, 1.82) is 0 Å². The standard InChI is InChI=1S/C16H21N3O2/c17-7-1-4-13-10-14(12-18-11-13)16(21)19-8-2-5-15(19)6-3-9-20/h10-12,15,20H,2-3,5-9,17H2. The normalized spacial score (nSPS) is 17.4. The van der Waals surface area contributed by atoms with Gasteiger partial charge in [-0.2, -0.15) is 0 Å². The summed E-state index contributed by atoms with van der Waals surface area (Å²) in [6.45, 7) is 1.23. The van der Waals surface area contributed by atoms with Crippen molar-refractivity contribution < 1.29 is 9.90 Å². The largest absolute Gasteiger partial charge is 0.396 e. The molecule has 0 spiro atoms. The summed E-state index contributed by atoms with van der Waals surface area (Å²) >= 11 is 0. The first kappa shape index (κ1) is 15.5. The molecule has 5 nitrogen and oxygen atoms in total. The molecule has 2 heterocycles. The number of carbonyl (C=O) groups excluding carboxylic acids is 1. The Morgan fingerprint density at radius 2 is 2.38 bits per heavy atom. The van der Waals surface area contributed by atoms with Gasteiger partial charge >= 0.3 is 0 Å². The van der Waals surface area contributed by atoms with Crippen LogP contribution in [0.15, 0.2) is 18.5 Å². The van der Waals surface area contributed by atoms with Crippen molar-refractivity contribution in [2.45, 2.75) is 31.7 Å². The third kappa shape index (κ3) is 4.03. The van der Waals surface area contributed by atoms with Gasteiger partial charge in [-0.3, -0.25) is 9.78 Å². The van der Waals surface area contributed by atoms with E-state index in [0.717, 1.165) is 32.2 Å². The van der Waals surface area contributed by atoms with Crippen molar-refractivity contribution in [3.8, 4) is 11.8 Å². The number of aromatic nitrogens is 1. The predicted molar refractivity (Wildman–Crippen MR) is 80.5 cm³/mol. The number of carbonyl (C=O) groups is 1. The molecule has 1 fully saturated rings. The highest BCUT2D eigenvalue weighted by atomic mass is 16.3. The zero-order valence-corrected chi connectivity index (χ0v) is 12.1. The first-order chi connectivity index (χ1) is 10.3. The van der Waals surface area contributed by atoms with Gasteiger partial charge in [0.2, 0.25) is 0 Å². The lowest BCUT2D eigenvalue weighted by Gasteiger charge is -2.24. The van der Waals surface area contributed by atoms with Crippen LogP contribution in [0.4, 0.5) is 0 Å². The van der Waals surface area contributed by atoms with Gasteiger partial charge in [-0.25, -0.2) is 0 Å². The quantitative estimate of drug-likeness (QED) is 0.802. The van der Waals surface area contributed by atoms with Crippen molar-refractivity contribution in [2.24, 2.45) is 5.73 Å². The van der Waals surface area contributed by atoms with Gasteiger partial charge < -0.3 is 15.7 Å². The minimum atomic E-state index is -0.000613. The van der Waals surface area contributed by atoms with E-state index >= 15 is 0 Å². The Morgan fingerprint density at radius 1 is 1.52 bits per heavy atom. The van der Waals surface area contributed by atoms with Crippen LogP contribution in [0.1, 0.15) is 41.6 Å². The van der Waals surface area contributed by atoms with E-state index < -0.39 is 0 Å². The molecule has 1 aliphatic heterocycles. The molecule has 1 amide bonds. The Bertz CT molecular complexity index is 548. The molecule has 1 aromatic heterocycles. The van der Waals surface area contributed by atoms with E-state index in [1.54, 1.807) is 18.5 Å². The van der Waals surface area contributed by atoms with Crippen LogP contribution in [0, 0.1) is 11.8 Å². The van der Waals surface area contributed by atoms with Gasteiger partial charge in [0, 0.05) is 37.2 Å². The molecule has 0 bridgehead atoms. The zero-order valence-electron chi connectivity index (χ0n) is 12.1. The maximum atomic E-state index is 12.6. The molecular weight excluding hydrogens is 266 g/mol. The number of nitrogens with two attached hydrogens (primary N) is 1. The van der Waals surface area contributed by atoms with Crippen LogP contribution in [0.3, 0.4) is 0 Å². The zero-order chi connectivity index (χ0) is 15.1. The highest BCUT2D eigenvalue weighted by Crippen LogP contribution is 2.23. The third-order valence-corrected chi connectivity index (χ3v) is 3.65. The molecule has 0 saturated carbocycles. The lowest BCUT2D eigenvalue weighted by Crippen LogP contribution is -2.35. The summed E-state index contributed by atoms with van der Waals surface area (Å²) in [5.74, 6) is 5.66. The van der Waals surface area contributed by atoms with Crippen LogP contribution in [-0.4, -0.2) is 46.6 Å². The van der Waals surface area contributed by atoms with Gasteiger partial charge in [-0.1, -0.05) is 11.8 Å². The SMILES string of the molecule is NCC#Cc1cncc(C(=O)N2CCCC2CCCO)c1. The second kappa shape index (κ2) is 7.77. The van der Waals surface area contributed by atoms with Gasteiger partial charge in [0.05, 0.1) is 12.1 Å². The number of hydrogen-bond acceptors (Lipinski definition) is 4. The molecule has 112 valence electrons. The number of nitrogens with zero attached hydrogens (tertiary/aromatic N) is 2. The second-order valence-electron chi connectivity index (χ2n) is 5.13. The van der Waals surface area contributed by atoms with Crippen molar-refractivity contribution in [3.05, 3.63) is 29.6 Å². The summed E-state index contributed by atoms with van der Waals surface area (Å²) in [7, 11) is 0. The highest BCUT2D eigenvalue weighted by molar-refractivity contribution is 5.94. The minimum absolute atomic E-state index is 0.000613. The van der Waals surface area contributed by atoms with E-state index in [4.69, 9.17) is 10.8 Å². The average molecular weight is 287 g/mol. The number of aliphatic hydroxyl groups is 1. The predicted octanol–water partition coefficient (Wildman–Crippen LogP) is 0.769. The number of amides is 1. The van der Waals surface area contributed by atoms with Crippen LogP contribution >= 0.6 is 0 Å². The van der Waals surface area contributed by atoms with Crippen LogP contribution in [0.25, 0.3) is 0 Å². The summed E-state index contributed by atoms with van der Waals surface area (Å²) in [6.07, 6.45) is 6.81. The lowest BCUT2D eigenvalue weighted by molar-refractivity contribution is 0.0724. The van der Waals surface area contributed by atoms with E-state index in [2.05, 4.69) is 16.8 Å². The molecule has 0 aliphatic carbocycles. The maximum absolute atomic E-state index is 12.6. The van der Waals surface area contributed by atoms with Gasteiger partial charge in [0.15, 0.2) is 0 Å². The second-order valence-corrected chi connectivity index (χ2v) is 5.13. The third-order valence-electron chi connectivity index (χ3n) is 3.65. The van der Waals surface area contributed by atoms with Gasteiger partial charge in [-0.05, 0) is 31.7 Å². The molecular formula is C16H21N3O2. The maximum Gasteiger partial charge on any atom is 0.255 e. The highest BCUT2D eigenvalue weighted by Gasteiger charge is 2.29. The fraction of sp³-hybridized carbons (Fsp3) is 0.500. The molecule has 1 aliphatic rings. The van der Waals surface area contributed by atoms with Gasteiger partial charge in [0.1, 0.15) is 0 Å². The Morgan fingerprint density at radius 3 is 3.14 bits per heavy atom. The molecule has 1 aromatic rings. The van der Waals surface area contributed by atoms with Crippen molar-refractivity contribution in [3.63, 3.8) is 0 Å². The first-order valence-corrected chi connectivity index (χ1v) is 7.32. The lowest BCUT2D eigenvalue weighted by atomic mass is 10.1. The van der Waals surface area contributed by atoms with E-state index in [9.17, 15) is 4.79 Å². The monoisotopic (exact) mass is 287 g/mol. The summed E-state index contributed by atoms with van der Waals surface area (Å²) in [6, 6.07) is 1.99. The van der Waals surface area contributed by atoms with E-state index in [-0.39, 0.29) is 25.1 Å². The van der Waals surface area contributed by atoms with Crippen LogP contribution in [0.5, 0.6) is 0 Å². The van der Waals surface area contributed by atoms with E-state index in [1.165, 1.54) is 0 Å². The number of aliphatic hydroxyl groups excluding tert-OH is 1. The number of pyridine rings is 1. The van der Waals surface area contributed by atoms with Crippen LogP contribution in [-0.2, 0) is 0 Å². The molecule has 0 aromatic carbocycles. The van der Waals surface area contributed by atoms with Crippen LogP contribution < -0.4 is 5.73 Å². The molecule has 2 rings (SSSR count). The minimum Gasteiger partial charge on any atom is -0.396 e. The molecule has 3 N–H and O–H groups in total. The number of likely N-dealkylation sites (tertiary alicyclic amines) is 1. The molecule has 0 radical (unpaired) electrons. The number of rotatable bonds is 4. The Hall–Kier alpha value is -1.90. The average Bonchev–Trinajstić information content (AvgIpc) is 2.98. The molecule has 1 unspecified atom stereocenters. The number of hydrogen-bond donors (Lipinski definition) is 2. The fourth-order valence-corrected chi connectivity index (χ4v) is 2.67. The van der Waals surface area contributed by atoms with Crippen molar-refractivity contribution in [2.75, 3.05) is 19.7 Å². The smallest absolute Gasteiger partial charge is 0.255 e. The summed E-state index contributed by atoms with van der Waals surface area (Å²) in [5.41, 5.74) is 6.62. The van der Waals surface area contributed by atoms with Gasteiger partial charge in [-0.15, -0.1) is 0 Å². The Balaban J connectivity index is 2.11. The summed E-state index contributed by atoms with van der Waals surface area (Å²) < 4.78 is 0. The first-order valence-electron chi connectivity index (χ1n) is 7.32. The summed E-state index contributed by atoms with van der Waals surface area (Å²) in [5, 5.41) is 8.95. The molecule has 1 atom stereocenters. The molecule has 1 saturated heterocycles. The Labute approximate surface area is 125 Å². The van der Waals surface area contributed by atoms with E-state index in [0.29, 0.717) is 11.1 Å². The van der Waals surface area contributed by atoms with Crippen molar-refractivity contribution in [1.82, 2.24) is 9.88 Å².